The molecule has 4 nitrogen and oxygen atoms in total. The number of thioether (sulfide) groups is 1. The van der Waals surface area contributed by atoms with Crippen LogP contribution in [0.25, 0.3) is 0 Å². The maximum Gasteiger partial charge on any atom is 0.233 e. The molecule has 102 valence electrons. The summed E-state index contributed by atoms with van der Waals surface area (Å²) in [5.41, 5.74) is 5.14. The van der Waals surface area contributed by atoms with Crippen molar-refractivity contribution in [1.29, 1.82) is 0 Å². The van der Waals surface area contributed by atoms with Crippen molar-refractivity contribution < 1.29 is 9.53 Å². The number of amides is 1. The van der Waals surface area contributed by atoms with Crippen LogP contribution in [0.15, 0.2) is 0 Å². The first-order valence-corrected chi connectivity index (χ1v) is 7.98. The fourth-order valence-corrected chi connectivity index (χ4v) is 3.87. The van der Waals surface area contributed by atoms with Crippen LogP contribution in [0.1, 0.15) is 25.7 Å². The van der Waals surface area contributed by atoms with Crippen LogP contribution in [-0.4, -0.2) is 41.7 Å². The molecule has 0 aromatic heterocycles. The predicted molar refractivity (Wildman–Crippen MR) is 77.8 cm³/mol. The van der Waals surface area contributed by atoms with Crippen LogP contribution in [0.5, 0.6) is 0 Å². The third kappa shape index (κ3) is 2.97. The second kappa shape index (κ2) is 6.21. The Morgan fingerprint density at radius 2 is 1.94 bits per heavy atom. The molecule has 0 aliphatic carbocycles. The highest BCUT2D eigenvalue weighted by Gasteiger charge is 2.43. The molecule has 0 saturated carbocycles. The Hall–Kier alpha value is -0.330. The highest BCUT2D eigenvalue weighted by Crippen LogP contribution is 2.32. The third-order valence-corrected chi connectivity index (χ3v) is 5.25. The molecule has 2 rings (SSSR count). The van der Waals surface area contributed by atoms with Crippen molar-refractivity contribution in [1.82, 2.24) is 5.32 Å². The zero-order valence-electron chi connectivity index (χ0n) is 10.4. The molecule has 0 unspecified atom stereocenters. The van der Waals surface area contributed by atoms with Crippen molar-refractivity contribution in [3.63, 3.8) is 0 Å². The molecule has 2 aliphatic heterocycles. The molecule has 0 radical (unpaired) electrons. The van der Waals surface area contributed by atoms with Gasteiger partial charge in [-0.05, 0) is 37.2 Å². The van der Waals surface area contributed by atoms with Crippen molar-refractivity contribution in [3.05, 3.63) is 0 Å². The molecule has 2 aliphatic rings. The second-order valence-electron chi connectivity index (χ2n) is 4.92. The number of carbonyl (C=O) groups excluding carboxylic acids is 1. The number of ether oxygens (including phenoxy) is 1. The predicted octanol–water partition coefficient (Wildman–Crippen LogP) is 1.08. The summed E-state index contributed by atoms with van der Waals surface area (Å²) >= 11 is 7.07. The maximum absolute atomic E-state index is 12.5. The third-order valence-electron chi connectivity index (χ3n) is 3.81. The SMILES string of the molecule is NC(=S)C1(C(=O)NC2CCSCC2)CCOCC1. The summed E-state index contributed by atoms with van der Waals surface area (Å²) in [4.78, 5) is 12.8. The first kappa shape index (κ1) is 14.1. The van der Waals surface area contributed by atoms with Crippen molar-refractivity contribution in [2.75, 3.05) is 24.7 Å². The van der Waals surface area contributed by atoms with Gasteiger partial charge in [0.15, 0.2) is 0 Å². The van der Waals surface area contributed by atoms with E-state index in [1.54, 1.807) is 0 Å². The van der Waals surface area contributed by atoms with Crippen LogP contribution >= 0.6 is 24.0 Å². The fraction of sp³-hybridized carbons (Fsp3) is 0.833. The van der Waals surface area contributed by atoms with Gasteiger partial charge in [0.2, 0.25) is 5.91 Å². The van der Waals surface area contributed by atoms with Crippen LogP contribution < -0.4 is 11.1 Å². The molecular formula is C12H20N2O2S2. The van der Waals surface area contributed by atoms with Gasteiger partial charge in [0.05, 0.1) is 4.99 Å². The molecule has 18 heavy (non-hydrogen) atoms. The molecule has 0 aromatic rings. The summed E-state index contributed by atoms with van der Waals surface area (Å²) in [7, 11) is 0. The van der Waals surface area contributed by atoms with E-state index in [1.807, 2.05) is 11.8 Å². The monoisotopic (exact) mass is 288 g/mol. The minimum Gasteiger partial charge on any atom is -0.392 e. The van der Waals surface area contributed by atoms with Crippen LogP contribution in [0.2, 0.25) is 0 Å². The van der Waals surface area contributed by atoms with Crippen molar-refractivity contribution in [3.8, 4) is 0 Å². The zero-order chi connectivity index (χ0) is 13.0. The van der Waals surface area contributed by atoms with E-state index >= 15 is 0 Å². The molecule has 2 fully saturated rings. The molecule has 0 aromatic carbocycles. The molecule has 0 spiro atoms. The molecule has 3 N–H and O–H groups in total. The average Bonchev–Trinajstić information content (AvgIpc) is 2.40. The van der Waals surface area contributed by atoms with Crippen LogP contribution in [-0.2, 0) is 9.53 Å². The molecular weight excluding hydrogens is 268 g/mol. The molecule has 2 heterocycles. The standard InChI is InChI=1S/C12H20N2O2S2/c13-10(17)12(3-5-16-6-4-12)11(15)14-9-1-7-18-8-2-9/h9H,1-8H2,(H2,13,17)(H,14,15). The summed E-state index contributed by atoms with van der Waals surface area (Å²) in [5.74, 6) is 2.25. The highest BCUT2D eigenvalue weighted by atomic mass is 32.2. The average molecular weight is 288 g/mol. The Labute approximate surface area is 117 Å². The van der Waals surface area contributed by atoms with Crippen molar-refractivity contribution in [2.24, 2.45) is 11.1 Å². The molecule has 1 amide bonds. The fourth-order valence-electron chi connectivity index (χ4n) is 2.47. The van der Waals surface area contributed by atoms with Crippen molar-refractivity contribution >= 4 is 34.9 Å². The maximum atomic E-state index is 12.5. The largest absolute Gasteiger partial charge is 0.392 e. The summed E-state index contributed by atoms with van der Waals surface area (Å²) in [6, 6.07) is 0.285. The Morgan fingerprint density at radius 1 is 1.33 bits per heavy atom. The van der Waals surface area contributed by atoms with Crippen molar-refractivity contribution in [2.45, 2.75) is 31.7 Å². The number of hydrogen-bond donors (Lipinski definition) is 2. The Morgan fingerprint density at radius 3 is 2.50 bits per heavy atom. The lowest BCUT2D eigenvalue weighted by Crippen LogP contribution is -2.54. The smallest absolute Gasteiger partial charge is 0.233 e. The van der Waals surface area contributed by atoms with E-state index in [-0.39, 0.29) is 11.9 Å². The van der Waals surface area contributed by atoms with E-state index in [0.717, 1.165) is 24.3 Å². The lowest BCUT2D eigenvalue weighted by molar-refractivity contribution is -0.132. The number of carbonyl (C=O) groups is 1. The van der Waals surface area contributed by atoms with Gasteiger partial charge in [0, 0.05) is 19.3 Å². The van der Waals surface area contributed by atoms with Gasteiger partial charge in [-0.3, -0.25) is 4.79 Å². The number of thiocarbonyl (C=S) groups is 1. The number of nitrogens with two attached hydrogens (primary N) is 1. The van der Waals surface area contributed by atoms with Gasteiger partial charge in [-0.15, -0.1) is 0 Å². The Bertz CT molecular complexity index is 324. The normalized spacial score (nSPS) is 24.4. The topological polar surface area (TPSA) is 64.4 Å². The van der Waals surface area contributed by atoms with Gasteiger partial charge < -0.3 is 15.8 Å². The van der Waals surface area contributed by atoms with Crippen LogP contribution in [0.4, 0.5) is 0 Å². The lowest BCUT2D eigenvalue weighted by Gasteiger charge is -2.36. The van der Waals surface area contributed by atoms with Gasteiger partial charge in [0.25, 0.3) is 0 Å². The number of rotatable bonds is 3. The van der Waals surface area contributed by atoms with E-state index in [9.17, 15) is 4.79 Å². The highest BCUT2D eigenvalue weighted by molar-refractivity contribution is 7.99. The number of nitrogens with one attached hydrogen (secondary N) is 1. The van der Waals surface area contributed by atoms with Crippen LogP contribution in [0.3, 0.4) is 0 Å². The zero-order valence-corrected chi connectivity index (χ0v) is 12.1. The molecule has 6 heteroatoms. The second-order valence-corrected chi connectivity index (χ2v) is 6.58. The van der Waals surface area contributed by atoms with E-state index in [1.165, 1.54) is 0 Å². The minimum absolute atomic E-state index is 0.00944. The lowest BCUT2D eigenvalue weighted by atomic mass is 9.79. The van der Waals surface area contributed by atoms with Gasteiger partial charge in [-0.1, -0.05) is 12.2 Å². The van der Waals surface area contributed by atoms with Gasteiger partial charge in [0.1, 0.15) is 5.41 Å². The Kier molecular flexibility index (Phi) is 4.86. The van der Waals surface area contributed by atoms with Gasteiger partial charge in [-0.25, -0.2) is 0 Å². The van der Waals surface area contributed by atoms with E-state index in [0.29, 0.717) is 31.0 Å². The minimum atomic E-state index is -0.682. The summed E-state index contributed by atoms with van der Waals surface area (Å²) in [6.07, 6.45) is 3.30. The molecule has 0 bridgehead atoms. The number of hydrogen-bond acceptors (Lipinski definition) is 4. The quantitative estimate of drug-likeness (QED) is 0.761. The first-order valence-electron chi connectivity index (χ1n) is 6.41. The van der Waals surface area contributed by atoms with E-state index in [2.05, 4.69) is 5.32 Å². The van der Waals surface area contributed by atoms with Gasteiger partial charge in [-0.2, -0.15) is 11.8 Å². The molecule has 0 atom stereocenters. The first-order chi connectivity index (χ1) is 8.65. The summed E-state index contributed by atoms with van der Waals surface area (Å²) in [5, 5.41) is 3.14. The van der Waals surface area contributed by atoms with Crippen LogP contribution in [0, 0.1) is 5.41 Å². The summed E-state index contributed by atoms with van der Waals surface area (Å²) < 4.78 is 5.32. The Balaban J connectivity index is 2.01. The van der Waals surface area contributed by atoms with E-state index < -0.39 is 5.41 Å². The molecule has 2 saturated heterocycles. The van der Waals surface area contributed by atoms with Gasteiger partial charge >= 0.3 is 0 Å². The summed E-state index contributed by atoms with van der Waals surface area (Å²) in [6.45, 7) is 1.12. The van der Waals surface area contributed by atoms with E-state index in [4.69, 9.17) is 22.7 Å².